The van der Waals surface area contributed by atoms with Gasteiger partial charge in [0, 0.05) is 12.8 Å². The van der Waals surface area contributed by atoms with Crippen molar-refractivity contribution >= 4 is 17.9 Å². The summed E-state index contributed by atoms with van der Waals surface area (Å²) in [4.78, 5) is 28.1. The fraction of sp³-hybridized carbons (Fsp3) is 0.263. The molecule has 2 rings (SSSR count). The Bertz CT molecular complexity index is 951. The SMILES string of the molecule is CCOC(=O)c1ccc(N=Cc2c(C)c(C#N)c(=O)n(CC)c2O)cc1. The van der Waals surface area contributed by atoms with Gasteiger partial charge in [0.25, 0.3) is 5.56 Å². The Kier molecular flexibility index (Phi) is 5.91. The maximum absolute atomic E-state index is 12.1. The van der Waals surface area contributed by atoms with Crippen molar-refractivity contribution in [1.29, 1.82) is 5.26 Å². The monoisotopic (exact) mass is 353 g/mol. The van der Waals surface area contributed by atoms with E-state index < -0.39 is 11.5 Å². The molecule has 0 aliphatic rings. The van der Waals surface area contributed by atoms with E-state index in [1.54, 1.807) is 45.0 Å². The molecule has 2 aromatic rings. The van der Waals surface area contributed by atoms with E-state index in [1.807, 2.05) is 6.07 Å². The fourth-order valence-corrected chi connectivity index (χ4v) is 2.46. The van der Waals surface area contributed by atoms with Crippen molar-refractivity contribution in [3.05, 3.63) is 56.9 Å². The van der Waals surface area contributed by atoms with E-state index in [-0.39, 0.29) is 18.0 Å². The molecule has 1 heterocycles. The lowest BCUT2D eigenvalue weighted by Crippen LogP contribution is -2.24. The van der Waals surface area contributed by atoms with E-state index in [9.17, 15) is 20.0 Å². The Balaban J connectivity index is 2.41. The van der Waals surface area contributed by atoms with E-state index in [0.29, 0.717) is 29.0 Å². The number of hydrogen-bond acceptors (Lipinski definition) is 6. The summed E-state index contributed by atoms with van der Waals surface area (Å²) >= 11 is 0. The minimum atomic E-state index is -0.527. The minimum Gasteiger partial charge on any atom is -0.494 e. The van der Waals surface area contributed by atoms with Gasteiger partial charge in [-0.25, -0.2) is 4.79 Å². The van der Waals surface area contributed by atoms with Crippen LogP contribution in [-0.4, -0.2) is 28.5 Å². The molecule has 0 atom stereocenters. The number of nitriles is 1. The van der Waals surface area contributed by atoms with Crippen LogP contribution in [0.5, 0.6) is 5.88 Å². The molecule has 1 aromatic carbocycles. The Morgan fingerprint density at radius 1 is 1.35 bits per heavy atom. The van der Waals surface area contributed by atoms with Gasteiger partial charge < -0.3 is 9.84 Å². The molecule has 0 fully saturated rings. The van der Waals surface area contributed by atoms with Crippen molar-refractivity contribution in [2.45, 2.75) is 27.3 Å². The molecule has 0 bridgehead atoms. The first-order valence-corrected chi connectivity index (χ1v) is 8.12. The quantitative estimate of drug-likeness (QED) is 0.657. The standard InChI is InChI=1S/C19H19N3O4/c1-4-22-17(23)15(10-20)12(3)16(18(22)24)11-21-14-8-6-13(7-9-14)19(25)26-5-2/h6-9,11,24H,4-5H2,1-3H3. The summed E-state index contributed by atoms with van der Waals surface area (Å²) in [5.74, 6) is -0.647. The van der Waals surface area contributed by atoms with Gasteiger partial charge in [0.2, 0.25) is 5.88 Å². The molecule has 0 aliphatic heterocycles. The number of pyridine rings is 1. The molecule has 0 unspecified atom stereocenters. The number of benzene rings is 1. The van der Waals surface area contributed by atoms with Crippen LogP contribution in [0, 0.1) is 18.3 Å². The van der Waals surface area contributed by atoms with Crippen molar-refractivity contribution in [3.63, 3.8) is 0 Å². The summed E-state index contributed by atoms with van der Waals surface area (Å²) in [7, 11) is 0. The second kappa shape index (κ2) is 8.12. The van der Waals surface area contributed by atoms with Gasteiger partial charge >= 0.3 is 5.97 Å². The molecular formula is C19H19N3O4. The molecule has 134 valence electrons. The first-order chi connectivity index (χ1) is 12.4. The highest BCUT2D eigenvalue weighted by molar-refractivity contribution is 5.90. The number of aromatic hydroxyl groups is 1. The number of nitrogens with zero attached hydrogens (tertiary/aromatic N) is 3. The number of ether oxygens (including phenoxy) is 1. The summed E-state index contributed by atoms with van der Waals surface area (Å²) in [6.45, 7) is 5.55. The third-order valence-corrected chi connectivity index (χ3v) is 3.88. The van der Waals surface area contributed by atoms with Crippen molar-refractivity contribution in [2.24, 2.45) is 4.99 Å². The van der Waals surface area contributed by atoms with Crippen LogP contribution in [0.4, 0.5) is 5.69 Å². The smallest absolute Gasteiger partial charge is 0.338 e. The van der Waals surface area contributed by atoms with Crippen molar-refractivity contribution in [2.75, 3.05) is 6.61 Å². The highest BCUT2D eigenvalue weighted by atomic mass is 16.5. The lowest BCUT2D eigenvalue weighted by atomic mass is 10.1. The molecule has 0 radical (unpaired) electrons. The first kappa shape index (κ1) is 18.9. The largest absolute Gasteiger partial charge is 0.494 e. The van der Waals surface area contributed by atoms with Gasteiger partial charge in [0.15, 0.2) is 0 Å². The van der Waals surface area contributed by atoms with Crippen LogP contribution in [0.3, 0.4) is 0 Å². The second-order valence-corrected chi connectivity index (χ2v) is 5.42. The molecule has 0 aliphatic carbocycles. The van der Waals surface area contributed by atoms with Crippen molar-refractivity contribution in [1.82, 2.24) is 4.57 Å². The zero-order valence-electron chi connectivity index (χ0n) is 14.8. The van der Waals surface area contributed by atoms with Crippen LogP contribution in [0.25, 0.3) is 0 Å². The number of esters is 1. The minimum absolute atomic E-state index is 0.0243. The zero-order valence-corrected chi connectivity index (χ0v) is 14.8. The summed E-state index contributed by atoms with van der Waals surface area (Å²) in [6.07, 6.45) is 1.40. The fourth-order valence-electron chi connectivity index (χ4n) is 2.46. The molecule has 1 aromatic heterocycles. The van der Waals surface area contributed by atoms with E-state index in [4.69, 9.17) is 4.74 Å². The summed E-state index contributed by atoms with van der Waals surface area (Å²) in [5, 5.41) is 19.5. The molecule has 7 nitrogen and oxygen atoms in total. The molecule has 0 amide bonds. The van der Waals surface area contributed by atoms with Crippen LogP contribution in [0.2, 0.25) is 0 Å². The zero-order chi connectivity index (χ0) is 19.3. The molecule has 0 saturated carbocycles. The van der Waals surface area contributed by atoms with Gasteiger partial charge in [0.05, 0.1) is 23.4 Å². The molecular weight excluding hydrogens is 334 g/mol. The van der Waals surface area contributed by atoms with Crippen molar-refractivity contribution < 1.29 is 14.6 Å². The highest BCUT2D eigenvalue weighted by Gasteiger charge is 2.16. The number of aromatic nitrogens is 1. The van der Waals surface area contributed by atoms with Crippen LogP contribution in [0.15, 0.2) is 34.1 Å². The Morgan fingerprint density at radius 3 is 2.54 bits per heavy atom. The van der Waals surface area contributed by atoms with Gasteiger partial charge in [0.1, 0.15) is 11.6 Å². The van der Waals surface area contributed by atoms with Crippen LogP contribution in [0.1, 0.15) is 40.9 Å². The number of aliphatic imine (C=N–C) groups is 1. The first-order valence-electron chi connectivity index (χ1n) is 8.12. The topological polar surface area (TPSA) is 105 Å². The maximum Gasteiger partial charge on any atom is 0.338 e. The third kappa shape index (κ3) is 3.64. The molecule has 1 N–H and O–H groups in total. The van der Waals surface area contributed by atoms with Gasteiger partial charge in [-0.05, 0) is 50.6 Å². The average molecular weight is 353 g/mol. The number of carbonyl (C=O) groups is 1. The van der Waals surface area contributed by atoms with Gasteiger partial charge in [-0.2, -0.15) is 5.26 Å². The van der Waals surface area contributed by atoms with E-state index >= 15 is 0 Å². The van der Waals surface area contributed by atoms with Gasteiger partial charge in [-0.1, -0.05) is 0 Å². The van der Waals surface area contributed by atoms with E-state index in [0.717, 1.165) is 4.57 Å². The third-order valence-electron chi connectivity index (χ3n) is 3.88. The lowest BCUT2D eigenvalue weighted by Gasteiger charge is -2.12. The van der Waals surface area contributed by atoms with Gasteiger partial charge in [-0.15, -0.1) is 0 Å². The predicted molar refractivity (Wildman–Crippen MR) is 97.1 cm³/mol. The summed E-state index contributed by atoms with van der Waals surface area (Å²) in [5.41, 5.74) is 1.08. The number of hydrogen-bond donors (Lipinski definition) is 1. The molecule has 7 heteroatoms. The van der Waals surface area contributed by atoms with Crippen LogP contribution < -0.4 is 5.56 Å². The number of rotatable bonds is 5. The van der Waals surface area contributed by atoms with E-state index in [2.05, 4.69) is 4.99 Å². The van der Waals surface area contributed by atoms with Crippen LogP contribution >= 0.6 is 0 Å². The summed E-state index contributed by atoms with van der Waals surface area (Å²) in [6, 6.07) is 8.33. The maximum atomic E-state index is 12.1. The predicted octanol–water partition coefficient (Wildman–Crippen LogP) is 2.68. The Morgan fingerprint density at radius 2 is 2.00 bits per heavy atom. The lowest BCUT2D eigenvalue weighted by molar-refractivity contribution is 0.0526. The Labute approximate surface area is 150 Å². The molecule has 0 saturated heterocycles. The van der Waals surface area contributed by atoms with Crippen LogP contribution in [-0.2, 0) is 11.3 Å². The molecule has 0 spiro atoms. The Hall–Kier alpha value is -3.40. The van der Waals surface area contributed by atoms with Gasteiger partial charge in [-0.3, -0.25) is 14.4 Å². The molecule has 26 heavy (non-hydrogen) atoms. The van der Waals surface area contributed by atoms with Crippen molar-refractivity contribution in [3.8, 4) is 11.9 Å². The number of carbonyl (C=O) groups excluding carboxylic acids is 1. The van der Waals surface area contributed by atoms with E-state index in [1.165, 1.54) is 6.21 Å². The average Bonchev–Trinajstić information content (AvgIpc) is 2.63. The second-order valence-electron chi connectivity index (χ2n) is 5.42. The summed E-state index contributed by atoms with van der Waals surface area (Å²) < 4.78 is 6.04. The normalized spacial score (nSPS) is 10.7. The highest BCUT2D eigenvalue weighted by Crippen LogP contribution is 2.21.